The molecular weight excluding hydrogens is 418 g/mol. The number of rotatable bonds is 5. The Hall–Kier alpha value is -3.84. The lowest BCUT2D eigenvalue weighted by atomic mass is 9.95. The van der Waals surface area contributed by atoms with Gasteiger partial charge in [0.05, 0.1) is 31.6 Å². The van der Waals surface area contributed by atoms with Crippen molar-refractivity contribution in [2.75, 3.05) is 43.6 Å². The number of carbonyl (C=O) groups excluding carboxylic acids is 2. The minimum atomic E-state index is -0.254. The molecular formula is C26H25N3O4. The molecule has 3 aromatic carbocycles. The van der Waals surface area contributed by atoms with Crippen LogP contribution < -0.4 is 20.3 Å². The first-order valence-electron chi connectivity index (χ1n) is 11.0. The molecule has 7 heteroatoms. The number of ether oxygens (including phenoxy) is 2. The molecule has 0 unspecified atom stereocenters. The Morgan fingerprint density at radius 1 is 1.00 bits per heavy atom. The van der Waals surface area contributed by atoms with Crippen LogP contribution in [0, 0.1) is 0 Å². The number of methoxy groups -OCH3 is 1. The summed E-state index contributed by atoms with van der Waals surface area (Å²) in [7, 11) is 1.63. The molecule has 1 fully saturated rings. The minimum Gasteiger partial charge on any atom is -0.496 e. The van der Waals surface area contributed by atoms with Gasteiger partial charge in [-0.25, -0.2) is 0 Å². The van der Waals surface area contributed by atoms with Crippen LogP contribution in [-0.2, 0) is 11.3 Å². The minimum absolute atomic E-state index is 0.195. The summed E-state index contributed by atoms with van der Waals surface area (Å²) >= 11 is 0. The third kappa shape index (κ3) is 4.03. The molecule has 2 aliphatic rings. The third-order valence-corrected chi connectivity index (χ3v) is 6.12. The maximum atomic E-state index is 13.0. The van der Waals surface area contributed by atoms with Crippen LogP contribution in [0.5, 0.6) is 5.75 Å². The molecule has 0 radical (unpaired) electrons. The molecule has 2 N–H and O–H groups in total. The molecule has 1 saturated heterocycles. The predicted molar refractivity (Wildman–Crippen MR) is 127 cm³/mol. The summed E-state index contributed by atoms with van der Waals surface area (Å²) < 4.78 is 10.9. The van der Waals surface area contributed by atoms with Crippen LogP contribution in [-0.4, -0.2) is 45.2 Å². The lowest BCUT2D eigenvalue weighted by Crippen LogP contribution is -2.36. The fourth-order valence-corrected chi connectivity index (χ4v) is 4.41. The molecule has 7 nitrogen and oxygen atoms in total. The third-order valence-electron chi connectivity index (χ3n) is 6.12. The number of nitrogens with one attached hydrogen (secondary N) is 2. The average Bonchev–Trinajstić information content (AvgIpc) is 3.27. The van der Waals surface area contributed by atoms with Crippen molar-refractivity contribution in [3.05, 3.63) is 77.4 Å². The maximum Gasteiger partial charge on any atom is 0.255 e. The van der Waals surface area contributed by atoms with E-state index in [2.05, 4.69) is 15.5 Å². The highest BCUT2D eigenvalue weighted by Gasteiger charge is 2.27. The van der Waals surface area contributed by atoms with E-state index >= 15 is 0 Å². The van der Waals surface area contributed by atoms with Gasteiger partial charge in [-0.05, 0) is 47.5 Å². The SMILES string of the molecule is COc1ccccc1-c1ccc(NC(=O)c2ccc(N3CCOCC3)cc2)c2c1CNC2=O. The molecule has 2 aliphatic heterocycles. The zero-order valence-corrected chi connectivity index (χ0v) is 18.4. The number of hydrogen-bond acceptors (Lipinski definition) is 5. The molecule has 0 aromatic heterocycles. The number of para-hydroxylation sites is 1. The summed E-state index contributed by atoms with van der Waals surface area (Å²) in [6.07, 6.45) is 0. The van der Waals surface area contributed by atoms with Crippen molar-refractivity contribution >= 4 is 23.2 Å². The van der Waals surface area contributed by atoms with E-state index in [4.69, 9.17) is 9.47 Å². The zero-order chi connectivity index (χ0) is 22.8. The highest BCUT2D eigenvalue weighted by atomic mass is 16.5. The Bertz CT molecular complexity index is 1200. The maximum absolute atomic E-state index is 13.0. The summed E-state index contributed by atoms with van der Waals surface area (Å²) in [5.41, 5.74) is 5.27. The Morgan fingerprint density at radius 3 is 2.52 bits per heavy atom. The van der Waals surface area contributed by atoms with Crippen LogP contribution in [0.2, 0.25) is 0 Å². The number of amides is 2. The first-order valence-corrected chi connectivity index (χ1v) is 11.0. The molecule has 168 valence electrons. The van der Waals surface area contributed by atoms with Crippen molar-refractivity contribution in [3.8, 4) is 16.9 Å². The second kappa shape index (κ2) is 8.96. The first-order chi connectivity index (χ1) is 16.2. The van der Waals surface area contributed by atoms with Crippen LogP contribution in [0.15, 0.2) is 60.7 Å². The number of hydrogen-bond donors (Lipinski definition) is 2. The van der Waals surface area contributed by atoms with Gasteiger partial charge in [0.2, 0.25) is 0 Å². The molecule has 0 spiro atoms. The summed E-state index contributed by atoms with van der Waals surface area (Å²) in [6, 6.07) is 18.9. The lowest BCUT2D eigenvalue weighted by molar-refractivity contribution is 0.0966. The van der Waals surface area contributed by atoms with Gasteiger partial charge in [0.1, 0.15) is 5.75 Å². The molecule has 5 rings (SSSR count). The van der Waals surface area contributed by atoms with E-state index in [1.165, 1.54) is 0 Å². The molecule has 2 amide bonds. The topological polar surface area (TPSA) is 79.9 Å². The highest BCUT2D eigenvalue weighted by molar-refractivity contribution is 6.11. The molecule has 0 saturated carbocycles. The van der Waals surface area contributed by atoms with Crippen molar-refractivity contribution in [2.24, 2.45) is 0 Å². The molecule has 2 heterocycles. The van der Waals surface area contributed by atoms with Crippen molar-refractivity contribution < 1.29 is 19.1 Å². The van der Waals surface area contributed by atoms with Crippen molar-refractivity contribution in [3.63, 3.8) is 0 Å². The number of nitrogens with zero attached hydrogens (tertiary/aromatic N) is 1. The van der Waals surface area contributed by atoms with Gasteiger partial charge in [-0.3, -0.25) is 9.59 Å². The Labute approximate surface area is 192 Å². The number of anilines is 2. The molecule has 0 aliphatic carbocycles. The van der Waals surface area contributed by atoms with Gasteiger partial charge < -0.3 is 25.0 Å². The zero-order valence-electron chi connectivity index (χ0n) is 18.4. The van der Waals surface area contributed by atoms with E-state index in [1.54, 1.807) is 13.2 Å². The number of fused-ring (bicyclic) bond motifs is 1. The van der Waals surface area contributed by atoms with Crippen molar-refractivity contribution in [1.29, 1.82) is 0 Å². The average molecular weight is 444 g/mol. The number of benzene rings is 3. The second-order valence-corrected chi connectivity index (χ2v) is 8.00. The lowest BCUT2D eigenvalue weighted by Gasteiger charge is -2.28. The smallest absolute Gasteiger partial charge is 0.255 e. The van der Waals surface area contributed by atoms with E-state index in [9.17, 15) is 9.59 Å². The molecule has 33 heavy (non-hydrogen) atoms. The Morgan fingerprint density at radius 2 is 1.76 bits per heavy atom. The fourth-order valence-electron chi connectivity index (χ4n) is 4.41. The Balaban J connectivity index is 1.41. The van der Waals surface area contributed by atoms with Crippen LogP contribution in [0.4, 0.5) is 11.4 Å². The standard InChI is InChI=1S/C26H25N3O4/c1-32-23-5-3-2-4-20(23)19-10-11-22(24-21(19)16-27-26(24)31)28-25(30)17-6-8-18(9-7-17)29-12-14-33-15-13-29/h2-11H,12-16H2,1H3,(H,27,31)(H,28,30). The van der Waals surface area contributed by atoms with E-state index in [0.717, 1.165) is 41.2 Å². The first kappa shape index (κ1) is 21.0. The van der Waals surface area contributed by atoms with Gasteiger partial charge in [-0.1, -0.05) is 24.3 Å². The van der Waals surface area contributed by atoms with E-state index < -0.39 is 0 Å². The van der Waals surface area contributed by atoms with Crippen LogP contribution in [0.25, 0.3) is 11.1 Å². The summed E-state index contributed by atoms with van der Waals surface area (Å²) in [6.45, 7) is 3.50. The largest absolute Gasteiger partial charge is 0.496 e. The van der Waals surface area contributed by atoms with Crippen LogP contribution >= 0.6 is 0 Å². The molecule has 0 bridgehead atoms. The fraction of sp³-hybridized carbons (Fsp3) is 0.231. The predicted octanol–water partition coefficient (Wildman–Crippen LogP) is 3.69. The van der Waals surface area contributed by atoms with E-state index in [-0.39, 0.29) is 11.8 Å². The number of morpholine rings is 1. The second-order valence-electron chi connectivity index (χ2n) is 8.00. The van der Waals surface area contributed by atoms with Crippen LogP contribution in [0.1, 0.15) is 26.3 Å². The van der Waals surface area contributed by atoms with Gasteiger partial charge in [0.15, 0.2) is 0 Å². The van der Waals surface area contributed by atoms with Gasteiger partial charge >= 0.3 is 0 Å². The van der Waals surface area contributed by atoms with Gasteiger partial charge in [-0.2, -0.15) is 0 Å². The van der Waals surface area contributed by atoms with Crippen molar-refractivity contribution in [2.45, 2.75) is 6.54 Å². The van der Waals surface area contributed by atoms with Crippen molar-refractivity contribution in [1.82, 2.24) is 5.32 Å². The van der Waals surface area contributed by atoms with E-state index in [0.29, 0.717) is 36.6 Å². The molecule has 3 aromatic rings. The van der Waals surface area contributed by atoms with Gasteiger partial charge in [-0.15, -0.1) is 0 Å². The van der Waals surface area contributed by atoms with Gasteiger partial charge in [0, 0.05) is 36.4 Å². The highest BCUT2D eigenvalue weighted by Crippen LogP contribution is 2.38. The summed E-state index contributed by atoms with van der Waals surface area (Å²) in [5.74, 6) is 0.284. The quantitative estimate of drug-likeness (QED) is 0.629. The van der Waals surface area contributed by atoms with Crippen LogP contribution in [0.3, 0.4) is 0 Å². The van der Waals surface area contributed by atoms with E-state index in [1.807, 2.05) is 54.6 Å². The monoisotopic (exact) mass is 443 g/mol. The summed E-state index contributed by atoms with van der Waals surface area (Å²) in [5, 5.41) is 5.81. The Kier molecular flexibility index (Phi) is 5.71. The molecule has 0 atom stereocenters. The number of carbonyl (C=O) groups is 2. The van der Waals surface area contributed by atoms with Gasteiger partial charge in [0.25, 0.3) is 11.8 Å². The normalized spacial score (nSPS) is 15.1. The summed E-state index contributed by atoms with van der Waals surface area (Å²) in [4.78, 5) is 27.9.